The summed E-state index contributed by atoms with van der Waals surface area (Å²) in [6.45, 7) is 2.95. The van der Waals surface area contributed by atoms with Crippen molar-refractivity contribution in [1.82, 2.24) is 4.98 Å². The number of nitrogens with one attached hydrogen (secondary N) is 1. The normalized spacial score (nSPS) is 9.57. The van der Waals surface area contributed by atoms with E-state index >= 15 is 0 Å². The third-order valence-electron chi connectivity index (χ3n) is 1.64. The molecule has 74 valence electrons. The first kappa shape index (κ1) is 10.2. The molecule has 1 rings (SSSR count). The van der Waals surface area contributed by atoms with Crippen LogP contribution in [0.2, 0.25) is 0 Å². The zero-order chi connectivity index (χ0) is 10.7. The topological polar surface area (TPSA) is 79.3 Å². The van der Waals surface area contributed by atoms with Crippen LogP contribution in [-0.2, 0) is 4.79 Å². The number of amides is 1. The van der Waals surface area contributed by atoms with Crippen molar-refractivity contribution in [2.75, 3.05) is 5.32 Å². The summed E-state index contributed by atoms with van der Waals surface area (Å²) in [5.41, 5.74) is 0.906. The molecule has 0 aliphatic rings. The molecule has 0 spiro atoms. The van der Waals surface area contributed by atoms with E-state index in [1.54, 1.807) is 6.92 Å². The number of rotatable bonds is 2. The number of carbonyl (C=O) groups excluding carboxylic acids is 1. The number of anilines is 1. The Hall–Kier alpha value is -1.91. The first-order valence-corrected chi connectivity index (χ1v) is 3.98. The molecular formula is C9H10N2O3. The lowest BCUT2D eigenvalue weighted by molar-refractivity contribution is -0.114. The summed E-state index contributed by atoms with van der Waals surface area (Å²) in [7, 11) is 0. The van der Waals surface area contributed by atoms with E-state index in [1.807, 2.05) is 0 Å². The van der Waals surface area contributed by atoms with Crippen LogP contribution >= 0.6 is 0 Å². The van der Waals surface area contributed by atoms with Gasteiger partial charge < -0.3 is 10.4 Å². The molecule has 0 radical (unpaired) electrons. The maximum atomic E-state index is 10.7. The summed E-state index contributed by atoms with van der Waals surface area (Å²) in [6.07, 6.45) is 1.42. The van der Waals surface area contributed by atoms with Gasteiger partial charge in [-0.1, -0.05) is 0 Å². The van der Waals surface area contributed by atoms with Crippen LogP contribution in [0, 0.1) is 6.92 Å². The Morgan fingerprint density at radius 2 is 2.14 bits per heavy atom. The largest absolute Gasteiger partial charge is 0.478 e. The average molecular weight is 194 g/mol. The lowest BCUT2D eigenvalue weighted by Gasteiger charge is -2.04. The summed E-state index contributed by atoms with van der Waals surface area (Å²) in [4.78, 5) is 25.3. The van der Waals surface area contributed by atoms with Crippen molar-refractivity contribution in [3.05, 3.63) is 23.5 Å². The van der Waals surface area contributed by atoms with Gasteiger partial charge in [0.2, 0.25) is 5.91 Å². The Bertz CT molecular complexity index is 388. The summed E-state index contributed by atoms with van der Waals surface area (Å²) in [6, 6.07) is 1.38. The predicted octanol–water partition coefficient (Wildman–Crippen LogP) is 1.05. The van der Waals surface area contributed by atoms with Gasteiger partial charge in [0.25, 0.3) is 0 Å². The summed E-state index contributed by atoms with van der Waals surface area (Å²) in [5, 5.41) is 11.2. The highest BCUT2D eigenvalue weighted by molar-refractivity contribution is 5.93. The van der Waals surface area contributed by atoms with E-state index in [0.29, 0.717) is 11.4 Å². The molecular weight excluding hydrogens is 184 g/mol. The zero-order valence-corrected chi connectivity index (χ0v) is 7.87. The Kier molecular flexibility index (Phi) is 2.81. The van der Waals surface area contributed by atoms with Gasteiger partial charge >= 0.3 is 5.97 Å². The molecule has 1 amide bonds. The number of carboxylic acids is 1. The van der Waals surface area contributed by atoms with E-state index in [1.165, 1.54) is 19.2 Å². The fourth-order valence-electron chi connectivity index (χ4n) is 1.02. The standard InChI is InChI=1S/C9H10N2O3/c1-5-8(9(13)14)3-7(4-10-5)11-6(2)12/h3-4H,1-2H3,(H,11,12)(H,13,14). The second kappa shape index (κ2) is 3.87. The fourth-order valence-corrected chi connectivity index (χ4v) is 1.02. The number of aromatic nitrogens is 1. The molecule has 1 aromatic rings. The van der Waals surface area contributed by atoms with Crippen LogP contribution in [0.4, 0.5) is 5.69 Å². The number of aryl methyl sites for hydroxylation is 1. The van der Waals surface area contributed by atoms with E-state index in [-0.39, 0.29) is 11.5 Å². The van der Waals surface area contributed by atoms with E-state index in [9.17, 15) is 9.59 Å². The van der Waals surface area contributed by atoms with Crippen molar-refractivity contribution in [2.45, 2.75) is 13.8 Å². The molecule has 1 heterocycles. The van der Waals surface area contributed by atoms with E-state index in [2.05, 4.69) is 10.3 Å². The first-order chi connectivity index (χ1) is 6.50. The quantitative estimate of drug-likeness (QED) is 0.737. The molecule has 5 heteroatoms. The highest BCUT2D eigenvalue weighted by atomic mass is 16.4. The molecule has 0 aliphatic carbocycles. The maximum Gasteiger partial charge on any atom is 0.337 e. The van der Waals surface area contributed by atoms with Crippen molar-refractivity contribution < 1.29 is 14.7 Å². The molecule has 0 aromatic carbocycles. The Labute approximate surface area is 80.8 Å². The minimum atomic E-state index is -1.05. The van der Waals surface area contributed by atoms with Gasteiger partial charge in [-0.2, -0.15) is 0 Å². The van der Waals surface area contributed by atoms with Gasteiger partial charge in [-0.05, 0) is 13.0 Å². The second-order valence-corrected chi connectivity index (χ2v) is 2.84. The minimum absolute atomic E-state index is 0.0938. The van der Waals surface area contributed by atoms with Gasteiger partial charge in [0.05, 0.1) is 23.1 Å². The van der Waals surface area contributed by atoms with Crippen molar-refractivity contribution in [1.29, 1.82) is 0 Å². The van der Waals surface area contributed by atoms with Crippen LogP contribution in [0.3, 0.4) is 0 Å². The SMILES string of the molecule is CC(=O)Nc1cnc(C)c(C(=O)O)c1. The molecule has 5 nitrogen and oxygen atoms in total. The fraction of sp³-hybridized carbons (Fsp3) is 0.222. The number of carboxylic acid groups (broad SMARTS) is 1. The van der Waals surface area contributed by atoms with Gasteiger partial charge in [-0.25, -0.2) is 4.79 Å². The number of hydrogen-bond acceptors (Lipinski definition) is 3. The Balaban J connectivity index is 3.06. The molecule has 0 aliphatic heterocycles. The number of pyridine rings is 1. The van der Waals surface area contributed by atoms with Crippen molar-refractivity contribution in [2.24, 2.45) is 0 Å². The van der Waals surface area contributed by atoms with Crippen LogP contribution < -0.4 is 5.32 Å². The van der Waals surface area contributed by atoms with Gasteiger partial charge in [-0.3, -0.25) is 9.78 Å². The molecule has 0 unspecified atom stereocenters. The van der Waals surface area contributed by atoms with Gasteiger partial charge in [-0.15, -0.1) is 0 Å². The van der Waals surface area contributed by atoms with E-state index in [4.69, 9.17) is 5.11 Å². The third-order valence-corrected chi connectivity index (χ3v) is 1.64. The van der Waals surface area contributed by atoms with E-state index < -0.39 is 5.97 Å². The lowest BCUT2D eigenvalue weighted by atomic mass is 10.2. The predicted molar refractivity (Wildman–Crippen MR) is 50.2 cm³/mol. The number of nitrogens with zero attached hydrogens (tertiary/aromatic N) is 1. The summed E-state index contributed by atoms with van der Waals surface area (Å²) >= 11 is 0. The lowest BCUT2D eigenvalue weighted by Crippen LogP contribution is -2.09. The molecule has 0 bridgehead atoms. The Morgan fingerprint density at radius 3 is 2.64 bits per heavy atom. The van der Waals surface area contributed by atoms with Crippen LogP contribution in [0.15, 0.2) is 12.3 Å². The van der Waals surface area contributed by atoms with Crippen LogP contribution in [0.5, 0.6) is 0 Å². The molecule has 0 saturated carbocycles. The molecule has 2 N–H and O–H groups in total. The average Bonchev–Trinajstić information content (AvgIpc) is 2.07. The van der Waals surface area contributed by atoms with Gasteiger partial charge in [0, 0.05) is 6.92 Å². The van der Waals surface area contributed by atoms with Gasteiger partial charge in [0.15, 0.2) is 0 Å². The van der Waals surface area contributed by atoms with Crippen LogP contribution in [-0.4, -0.2) is 22.0 Å². The number of carbonyl (C=O) groups is 2. The smallest absolute Gasteiger partial charge is 0.337 e. The second-order valence-electron chi connectivity index (χ2n) is 2.84. The first-order valence-electron chi connectivity index (χ1n) is 3.98. The molecule has 0 fully saturated rings. The molecule has 0 saturated heterocycles. The highest BCUT2D eigenvalue weighted by Crippen LogP contribution is 2.12. The van der Waals surface area contributed by atoms with Crippen molar-refractivity contribution in [3.63, 3.8) is 0 Å². The number of hydrogen-bond donors (Lipinski definition) is 2. The molecule has 14 heavy (non-hydrogen) atoms. The summed E-state index contributed by atoms with van der Waals surface area (Å²) in [5.74, 6) is -1.31. The van der Waals surface area contributed by atoms with Gasteiger partial charge in [0.1, 0.15) is 0 Å². The van der Waals surface area contributed by atoms with E-state index in [0.717, 1.165) is 0 Å². The zero-order valence-electron chi connectivity index (χ0n) is 7.87. The molecule has 0 atom stereocenters. The minimum Gasteiger partial charge on any atom is -0.478 e. The van der Waals surface area contributed by atoms with Crippen LogP contribution in [0.25, 0.3) is 0 Å². The Morgan fingerprint density at radius 1 is 1.50 bits per heavy atom. The molecule has 1 aromatic heterocycles. The van der Waals surface area contributed by atoms with Crippen LogP contribution in [0.1, 0.15) is 23.0 Å². The number of aromatic carboxylic acids is 1. The van der Waals surface area contributed by atoms with Crippen molar-refractivity contribution in [3.8, 4) is 0 Å². The maximum absolute atomic E-state index is 10.7. The third kappa shape index (κ3) is 2.29. The van der Waals surface area contributed by atoms with Crippen molar-refractivity contribution >= 4 is 17.6 Å². The highest BCUT2D eigenvalue weighted by Gasteiger charge is 2.09. The monoisotopic (exact) mass is 194 g/mol. The summed E-state index contributed by atoms with van der Waals surface area (Å²) < 4.78 is 0.